The molecule has 20 heavy (non-hydrogen) atoms. The predicted octanol–water partition coefficient (Wildman–Crippen LogP) is -0.847. The second-order valence-electron chi connectivity index (χ2n) is 6.42. The van der Waals surface area contributed by atoms with E-state index in [9.17, 15) is 15.0 Å². The minimum absolute atomic E-state index is 0.109. The highest BCUT2D eigenvalue weighted by Crippen LogP contribution is 2.37. The monoisotopic (exact) mass is 289 g/mol. The Hall–Kier alpha value is -0.730. The summed E-state index contributed by atoms with van der Waals surface area (Å²) >= 11 is 0. The van der Waals surface area contributed by atoms with Gasteiger partial charge in [0, 0.05) is 6.92 Å². The van der Waals surface area contributed by atoms with E-state index in [0.29, 0.717) is 0 Å². The minimum Gasteiger partial charge on any atom is -0.388 e. The Labute approximate surface area is 118 Å². The summed E-state index contributed by atoms with van der Waals surface area (Å²) in [5, 5.41) is 23.0. The van der Waals surface area contributed by atoms with Gasteiger partial charge in [0.1, 0.15) is 23.9 Å². The van der Waals surface area contributed by atoms with Crippen molar-refractivity contribution in [3.8, 4) is 0 Å². The summed E-state index contributed by atoms with van der Waals surface area (Å²) in [7, 11) is 0. The molecule has 2 saturated heterocycles. The van der Waals surface area contributed by atoms with E-state index in [0.717, 1.165) is 0 Å². The van der Waals surface area contributed by atoms with E-state index in [2.05, 4.69) is 5.32 Å². The molecule has 2 aliphatic rings. The van der Waals surface area contributed by atoms with Gasteiger partial charge in [-0.05, 0) is 20.8 Å². The predicted molar refractivity (Wildman–Crippen MR) is 68.9 cm³/mol. The molecule has 2 fully saturated rings. The largest absolute Gasteiger partial charge is 0.388 e. The zero-order valence-electron chi connectivity index (χ0n) is 12.3. The lowest BCUT2D eigenvalue weighted by molar-refractivity contribution is -0.244. The van der Waals surface area contributed by atoms with Gasteiger partial charge in [-0.25, -0.2) is 0 Å². The summed E-state index contributed by atoms with van der Waals surface area (Å²) in [6.45, 7) is 7.23. The van der Waals surface area contributed by atoms with Gasteiger partial charge in [0.2, 0.25) is 5.91 Å². The summed E-state index contributed by atoms with van der Waals surface area (Å²) in [5.41, 5.74) is -1.48. The van der Waals surface area contributed by atoms with Crippen LogP contribution in [0.1, 0.15) is 27.7 Å². The standard InChI is InChI=1S/C13H23NO6/c1-7(15)14-8-9(16)10(17)13(5-18-11(8)20-13)6-19-12(2,3)4/h8-11,16-17H,5-6H2,1-4H3,(H,14,15)/t8-,9-,10-,11+,13-/m1/s1. The van der Waals surface area contributed by atoms with Crippen molar-refractivity contribution in [2.24, 2.45) is 0 Å². The van der Waals surface area contributed by atoms with Gasteiger partial charge in [-0.3, -0.25) is 4.79 Å². The maximum Gasteiger partial charge on any atom is 0.217 e. The molecule has 3 N–H and O–H groups in total. The molecule has 0 aromatic heterocycles. The fourth-order valence-electron chi connectivity index (χ4n) is 2.41. The van der Waals surface area contributed by atoms with Gasteiger partial charge < -0.3 is 29.7 Å². The van der Waals surface area contributed by atoms with Crippen LogP contribution in [0.25, 0.3) is 0 Å². The van der Waals surface area contributed by atoms with Crippen LogP contribution in [0.5, 0.6) is 0 Å². The molecule has 2 bridgehead atoms. The highest BCUT2D eigenvalue weighted by atomic mass is 16.8. The number of nitrogens with one attached hydrogen (secondary N) is 1. The van der Waals surface area contributed by atoms with Crippen molar-refractivity contribution >= 4 is 5.91 Å². The SMILES string of the molecule is CC(=O)N[C@H]1[C@H]2OC[C@](COC(C)(C)C)(O2)[C@H](O)[C@@H]1O. The van der Waals surface area contributed by atoms with E-state index in [1.807, 2.05) is 20.8 Å². The van der Waals surface area contributed by atoms with Gasteiger partial charge in [0.05, 0.1) is 18.8 Å². The van der Waals surface area contributed by atoms with Crippen molar-refractivity contribution in [3.05, 3.63) is 0 Å². The van der Waals surface area contributed by atoms with E-state index < -0.39 is 35.7 Å². The van der Waals surface area contributed by atoms with Gasteiger partial charge in [-0.1, -0.05) is 0 Å². The number of fused-ring (bicyclic) bond motifs is 2. The average Bonchev–Trinajstić information content (AvgIpc) is 2.72. The average molecular weight is 289 g/mol. The van der Waals surface area contributed by atoms with Crippen molar-refractivity contribution in [2.75, 3.05) is 13.2 Å². The fourth-order valence-corrected chi connectivity index (χ4v) is 2.41. The number of carbonyl (C=O) groups is 1. The summed E-state index contributed by atoms with van der Waals surface area (Å²) in [6.07, 6.45) is -3.13. The molecule has 0 aliphatic carbocycles. The molecule has 0 radical (unpaired) electrons. The van der Waals surface area contributed by atoms with Crippen LogP contribution >= 0.6 is 0 Å². The molecule has 0 unspecified atom stereocenters. The van der Waals surface area contributed by atoms with Crippen LogP contribution in [0.3, 0.4) is 0 Å². The molecule has 0 aromatic carbocycles. The number of rotatable bonds is 3. The lowest BCUT2D eigenvalue weighted by Gasteiger charge is -2.43. The van der Waals surface area contributed by atoms with Crippen molar-refractivity contribution in [1.29, 1.82) is 0 Å². The molecule has 116 valence electrons. The summed E-state index contributed by atoms with van der Waals surface area (Å²) in [4.78, 5) is 11.1. The topological polar surface area (TPSA) is 97.3 Å². The Morgan fingerprint density at radius 3 is 2.65 bits per heavy atom. The first-order chi connectivity index (χ1) is 9.15. The Morgan fingerprint density at radius 1 is 1.45 bits per heavy atom. The van der Waals surface area contributed by atoms with Gasteiger partial charge in [-0.2, -0.15) is 0 Å². The smallest absolute Gasteiger partial charge is 0.217 e. The number of hydrogen-bond donors (Lipinski definition) is 3. The number of hydrogen-bond acceptors (Lipinski definition) is 6. The second kappa shape index (κ2) is 5.23. The molecule has 7 nitrogen and oxygen atoms in total. The molecule has 2 heterocycles. The first-order valence-electron chi connectivity index (χ1n) is 6.71. The first-order valence-corrected chi connectivity index (χ1v) is 6.71. The zero-order valence-corrected chi connectivity index (χ0v) is 12.3. The van der Waals surface area contributed by atoms with Gasteiger partial charge in [0.15, 0.2) is 6.29 Å². The molecule has 7 heteroatoms. The van der Waals surface area contributed by atoms with Gasteiger partial charge >= 0.3 is 0 Å². The fraction of sp³-hybridized carbons (Fsp3) is 0.923. The summed E-state index contributed by atoms with van der Waals surface area (Å²) < 4.78 is 16.8. The van der Waals surface area contributed by atoms with E-state index >= 15 is 0 Å². The normalized spacial score (nSPS) is 40.7. The van der Waals surface area contributed by atoms with Crippen LogP contribution in [0.2, 0.25) is 0 Å². The van der Waals surface area contributed by atoms with Crippen molar-refractivity contribution in [3.63, 3.8) is 0 Å². The van der Waals surface area contributed by atoms with Crippen LogP contribution in [0.4, 0.5) is 0 Å². The molecule has 2 aliphatic heterocycles. The van der Waals surface area contributed by atoms with Crippen LogP contribution in [-0.2, 0) is 19.0 Å². The van der Waals surface area contributed by atoms with Crippen molar-refractivity contribution < 1.29 is 29.2 Å². The highest BCUT2D eigenvalue weighted by molar-refractivity contribution is 5.73. The summed E-state index contributed by atoms with van der Waals surface area (Å²) in [5.74, 6) is -0.321. The number of carbonyl (C=O) groups excluding carboxylic acids is 1. The Bertz CT molecular complexity index is 382. The molecule has 5 atom stereocenters. The highest BCUT2D eigenvalue weighted by Gasteiger charge is 2.59. The molecule has 0 spiro atoms. The maximum atomic E-state index is 11.1. The van der Waals surface area contributed by atoms with Crippen molar-refractivity contribution in [1.82, 2.24) is 5.32 Å². The minimum atomic E-state index is -1.19. The zero-order chi connectivity index (χ0) is 15.1. The van der Waals surface area contributed by atoms with E-state index in [4.69, 9.17) is 14.2 Å². The van der Waals surface area contributed by atoms with Crippen molar-refractivity contribution in [2.45, 2.75) is 63.4 Å². The third kappa shape index (κ3) is 2.96. The van der Waals surface area contributed by atoms with E-state index in [-0.39, 0.29) is 19.1 Å². The number of ether oxygens (including phenoxy) is 3. The lowest BCUT2D eigenvalue weighted by Crippen LogP contribution is -2.66. The van der Waals surface area contributed by atoms with E-state index in [1.54, 1.807) is 0 Å². The Kier molecular flexibility index (Phi) is 4.10. The molecule has 0 saturated carbocycles. The van der Waals surface area contributed by atoms with E-state index in [1.165, 1.54) is 6.92 Å². The quantitative estimate of drug-likeness (QED) is 0.626. The molecule has 0 aromatic rings. The molecule has 1 amide bonds. The molecular weight excluding hydrogens is 266 g/mol. The van der Waals surface area contributed by atoms with Crippen LogP contribution < -0.4 is 5.32 Å². The third-order valence-corrected chi connectivity index (χ3v) is 3.49. The number of aliphatic hydroxyl groups is 2. The Balaban J connectivity index is 2.10. The number of amides is 1. The second-order valence-corrected chi connectivity index (χ2v) is 6.42. The van der Waals surface area contributed by atoms with Crippen LogP contribution in [0, 0.1) is 0 Å². The van der Waals surface area contributed by atoms with Gasteiger partial charge in [-0.15, -0.1) is 0 Å². The number of aliphatic hydroxyl groups excluding tert-OH is 2. The lowest BCUT2D eigenvalue weighted by atomic mass is 9.88. The van der Waals surface area contributed by atoms with Crippen LogP contribution in [-0.4, -0.2) is 65.1 Å². The van der Waals surface area contributed by atoms with Gasteiger partial charge in [0.25, 0.3) is 0 Å². The summed E-state index contributed by atoms with van der Waals surface area (Å²) in [6, 6.07) is -0.784. The first kappa shape index (κ1) is 15.7. The third-order valence-electron chi connectivity index (χ3n) is 3.49. The molecule has 2 rings (SSSR count). The maximum absolute atomic E-state index is 11.1. The molecular formula is C13H23NO6. The van der Waals surface area contributed by atoms with Crippen LogP contribution in [0.15, 0.2) is 0 Å². The Morgan fingerprint density at radius 2 is 2.10 bits per heavy atom.